The van der Waals surface area contributed by atoms with Gasteiger partial charge in [0.05, 0.1) is 17.2 Å². The zero-order chi connectivity index (χ0) is 16.0. The molecule has 0 saturated carbocycles. The van der Waals surface area contributed by atoms with Crippen molar-refractivity contribution < 1.29 is 0 Å². The van der Waals surface area contributed by atoms with E-state index in [-0.39, 0.29) is 0 Å². The number of halogens is 2. The molecule has 3 aromatic heterocycles. The molecule has 0 spiro atoms. The maximum absolute atomic E-state index is 6.39. The first-order valence-electron chi connectivity index (χ1n) is 7.36. The number of aryl methyl sites for hydroxylation is 1. The Labute approximate surface area is 143 Å². The molecule has 0 N–H and O–H groups in total. The Morgan fingerprint density at radius 2 is 1.91 bits per heavy atom. The highest BCUT2D eigenvalue weighted by Crippen LogP contribution is 2.37. The molecule has 0 radical (unpaired) electrons. The summed E-state index contributed by atoms with van der Waals surface area (Å²) in [6.45, 7) is 2.98. The largest absolute Gasteiger partial charge is 0.339 e. The van der Waals surface area contributed by atoms with Crippen LogP contribution in [-0.2, 0) is 6.54 Å². The number of hydrogen-bond donors (Lipinski definition) is 0. The number of fused-ring (bicyclic) bond motifs is 3. The molecule has 0 bridgehead atoms. The Bertz CT molecular complexity index is 1020. The summed E-state index contributed by atoms with van der Waals surface area (Å²) in [5, 5.41) is 3.46. The molecular weight excluding hydrogens is 329 g/mol. The van der Waals surface area contributed by atoms with Crippen LogP contribution in [0.3, 0.4) is 0 Å². The van der Waals surface area contributed by atoms with Crippen LogP contribution in [0.15, 0.2) is 48.9 Å². The molecule has 0 unspecified atom stereocenters. The first-order valence-corrected chi connectivity index (χ1v) is 8.12. The van der Waals surface area contributed by atoms with Crippen LogP contribution in [-0.4, -0.2) is 14.5 Å². The number of nitrogens with zero attached hydrogens (tertiary/aromatic N) is 3. The Hall–Kier alpha value is -2.10. The summed E-state index contributed by atoms with van der Waals surface area (Å²) >= 11 is 12.3. The van der Waals surface area contributed by atoms with Gasteiger partial charge in [-0.2, -0.15) is 0 Å². The van der Waals surface area contributed by atoms with Crippen molar-refractivity contribution in [2.75, 3.05) is 0 Å². The molecule has 0 aliphatic carbocycles. The molecule has 1 aromatic carbocycles. The maximum atomic E-state index is 6.39. The van der Waals surface area contributed by atoms with Crippen LogP contribution in [0, 0.1) is 0 Å². The minimum Gasteiger partial charge on any atom is -0.339 e. The van der Waals surface area contributed by atoms with Crippen LogP contribution in [0.25, 0.3) is 32.9 Å². The van der Waals surface area contributed by atoms with Gasteiger partial charge in [0.25, 0.3) is 0 Å². The average Bonchev–Trinajstić information content (AvgIpc) is 2.88. The fourth-order valence-electron chi connectivity index (χ4n) is 3.13. The highest BCUT2D eigenvalue weighted by molar-refractivity contribution is 6.33. The molecule has 23 heavy (non-hydrogen) atoms. The van der Waals surface area contributed by atoms with Gasteiger partial charge in [0.2, 0.25) is 0 Å². The fourth-order valence-corrected chi connectivity index (χ4v) is 3.46. The van der Waals surface area contributed by atoms with Crippen molar-refractivity contribution >= 4 is 45.0 Å². The smallest absolute Gasteiger partial charge is 0.129 e. The lowest BCUT2D eigenvalue weighted by Gasteiger charge is -2.09. The Balaban J connectivity index is 2.17. The molecule has 3 heterocycles. The summed E-state index contributed by atoms with van der Waals surface area (Å²) in [6, 6.07) is 9.79. The molecule has 114 valence electrons. The van der Waals surface area contributed by atoms with Crippen LogP contribution in [0.2, 0.25) is 10.2 Å². The van der Waals surface area contributed by atoms with Crippen molar-refractivity contribution in [3.63, 3.8) is 0 Å². The minimum atomic E-state index is 0.479. The van der Waals surface area contributed by atoms with E-state index in [1.807, 2.05) is 36.7 Å². The lowest BCUT2D eigenvalue weighted by molar-refractivity contribution is 0.826. The molecule has 0 atom stereocenters. The Morgan fingerprint density at radius 3 is 2.65 bits per heavy atom. The number of benzene rings is 1. The van der Waals surface area contributed by atoms with E-state index in [1.54, 1.807) is 12.3 Å². The predicted octanol–water partition coefficient (Wildman–Crippen LogP) is 5.58. The first-order chi connectivity index (χ1) is 11.2. The quantitative estimate of drug-likeness (QED) is 0.445. The van der Waals surface area contributed by atoms with E-state index < -0.39 is 0 Å². The maximum Gasteiger partial charge on any atom is 0.129 e. The van der Waals surface area contributed by atoms with Crippen molar-refractivity contribution in [2.45, 2.75) is 13.5 Å². The van der Waals surface area contributed by atoms with E-state index in [4.69, 9.17) is 23.2 Å². The first kappa shape index (κ1) is 14.5. The van der Waals surface area contributed by atoms with Crippen molar-refractivity contribution in [3.8, 4) is 11.1 Å². The van der Waals surface area contributed by atoms with Crippen molar-refractivity contribution in [1.29, 1.82) is 0 Å². The van der Waals surface area contributed by atoms with E-state index in [2.05, 4.69) is 21.5 Å². The topological polar surface area (TPSA) is 30.7 Å². The van der Waals surface area contributed by atoms with Gasteiger partial charge in [0.15, 0.2) is 0 Å². The lowest BCUT2D eigenvalue weighted by atomic mass is 10.0. The molecule has 4 rings (SSSR count). The van der Waals surface area contributed by atoms with Crippen LogP contribution in [0.4, 0.5) is 0 Å². The molecular formula is C18H13Cl2N3. The average molecular weight is 342 g/mol. The molecule has 0 fully saturated rings. The SMILES string of the molecule is CCn1c2cnccc2c2cc(Cl)cc(-c3ccc(Cl)nc3)c21. The third-order valence-corrected chi connectivity index (χ3v) is 4.52. The van der Waals surface area contributed by atoms with Gasteiger partial charge in [-0.25, -0.2) is 4.98 Å². The van der Waals surface area contributed by atoms with E-state index in [1.165, 1.54) is 0 Å². The van der Waals surface area contributed by atoms with Crippen LogP contribution >= 0.6 is 23.2 Å². The molecule has 4 aromatic rings. The second kappa shape index (κ2) is 5.52. The molecule has 0 aliphatic heterocycles. The van der Waals surface area contributed by atoms with Gasteiger partial charge in [-0.3, -0.25) is 4.98 Å². The normalized spacial score (nSPS) is 11.4. The van der Waals surface area contributed by atoms with Gasteiger partial charge >= 0.3 is 0 Å². The standard InChI is InChI=1S/C18H13Cl2N3/c1-2-23-16-10-21-6-5-13(16)15-8-12(19)7-14(18(15)23)11-3-4-17(20)22-9-11/h3-10H,2H2,1H3. The number of pyridine rings is 2. The third-order valence-electron chi connectivity index (χ3n) is 4.08. The van der Waals surface area contributed by atoms with Gasteiger partial charge < -0.3 is 4.57 Å². The molecule has 3 nitrogen and oxygen atoms in total. The van der Waals surface area contributed by atoms with Crippen LogP contribution in [0.5, 0.6) is 0 Å². The highest BCUT2D eigenvalue weighted by atomic mass is 35.5. The molecule has 5 heteroatoms. The minimum absolute atomic E-state index is 0.479. The summed E-state index contributed by atoms with van der Waals surface area (Å²) in [5.41, 5.74) is 4.29. The van der Waals surface area contributed by atoms with Crippen LogP contribution in [0.1, 0.15) is 6.92 Å². The van der Waals surface area contributed by atoms with Crippen molar-refractivity contribution in [2.24, 2.45) is 0 Å². The van der Waals surface area contributed by atoms with Gasteiger partial charge in [-0.15, -0.1) is 0 Å². The molecule has 0 amide bonds. The number of rotatable bonds is 2. The summed E-state index contributed by atoms with van der Waals surface area (Å²) in [7, 11) is 0. The zero-order valence-corrected chi connectivity index (χ0v) is 13.9. The lowest BCUT2D eigenvalue weighted by Crippen LogP contribution is -1.95. The van der Waals surface area contributed by atoms with E-state index >= 15 is 0 Å². The molecule has 0 aliphatic rings. The van der Waals surface area contributed by atoms with Crippen molar-refractivity contribution in [3.05, 3.63) is 59.1 Å². The highest BCUT2D eigenvalue weighted by Gasteiger charge is 2.15. The number of aromatic nitrogens is 3. The van der Waals surface area contributed by atoms with Gasteiger partial charge in [-0.05, 0) is 37.3 Å². The molecule has 0 saturated heterocycles. The van der Waals surface area contributed by atoms with Gasteiger partial charge in [0, 0.05) is 45.9 Å². The zero-order valence-electron chi connectivity index (χ0n) is 12.4. The summed E-state index contributed by atoms with van der Waals surface area (Å²) < 4.78 is 2.26. The Kier molecular flexibility index (Phi) is 3.47. The second-order valence-corrected chi connectivity index (χ2v) is 6.18. The Morgan fingerprint density at radius 1 is 1.04 bits per heavy atom. The summed E-state index contributed by atoms with van der Waals surface area (Å²) in [4.78, 5) is 8.47. The van der Waals surface area contributed by atoms with Gasteiger partial charge in [-0.1, -0.05) is 23.2 Å². The number of hydrogen-bond acceptors (Lipinski definition) is 2. The van der Waals surface area contributed by atoms with E-state index in [0.29, 0.717) is 10.2 Å². The summed E-state index contributed by atoms with van der Waals surface area (Å²) in [6.07, 6.45) is 5.49. The second-order valence-electron chi connectivity index (χ2n) is 5.36. The van der Waals surface area contributed by atoms with Crippen molar-refractivity contribution in [1.82, 2.24) is 14.5 Å². The fraction of sp³-hybridized carbons (Fsp3) is 0.111. The predicted molar refractivity (Wildman–Crippen MR) is 96.2 cm³/mol. The third kappa shape index (κ3) is 2.28. The van der Waals surface area contributed by atoms with Gasteiger partial charge in [0.1, 0.15) is 5.15 Å². The summed E-state index contributed by atoms with van der Waals surface area (Å²) in [5.74, 6) is 0. The van der Waals surface area contributed by atoms with E-state index in [9.17, 15) is 0 Å². The monoisotopic (exact) mass is 341 g/mol. The van der Waals surface area contributed by atoms with E-state index in [0.717, 1.165) is 39.5 Å². The van der Waals surface area contributed by atoms with Crippen LogP contribution < -0.4 is 0 Å².